The number of amides is 1. The molecule has 0 aliphatic rings. The summed E-state index contributed by atoms with van der Waals surface area (Å²) in [6, 6.07) is 16.3. The van der Waals surface area contributed by atoms with Gasteiger partial charge < -0.3 is 9.47 Å². The van der Waals surface area contributed by atoms with Crippen molar-refractivity contribution in [2.75, 3.05) is 7.11 Å². The third-order valence-corrected chi connectivity index (χ3v) is 5.05. The Hall–Kier alpha value is -2.65. The van der Waals surface area contributed by atoms with Crippen LogP contribution in [0.3, 0.4) is 0 Å². The highest BCUT2D eigenvalue weighted by molar-refractivity contribution is 14.1. The molecular weight excluding hydrogens is 522 g/mol. The van der Waals surface area contributed by atoms with Crippen LogP contribution in [0, 0.1) is 9.39 Å². The van der Waals surface area contributed by atoms with Crippen LogP contribution < -0.4 is 14.9 Å². The van der Waals surface area contributed by atoms with Gasteiger partial charge in [0, 0.05) is 10.6 Å². The molecule has 154 valence electrons. The van der Waals surface area contributed by atoms with E-state index in [4.69, 9.17) is 21.1 Å². The quantitative estimate of drug-likeness (QED) is 0.248. The Kier molecular flexibility index (Phi) is 7.64. The topological polar surface area (TPSA) is 59.9 Å². The third-order valence-electron chi connectivity index (χ3n) is 4.01. The second kappa shape index (κ2) is 10.4. The molecule has 8 heteroatoms. The molecule has 1 amide bonds. The SMILES string of the molecule is COc1cc(/C=N\NC(=O)c2cccc(Cl)c2)cc(I)c1OCc1ccc(F)cc1. The average molecular weight is 539 g/mol. The van der Waals surface area contributed by atoms with Crippen LogP contribution in [-0.4, -0.2) is 19.2 Å². The molecule has 0 aromatic heterocycles. The van der Waals surface area contributed by atoms with E-state index >= 15 is 0 Å². The molecule has 0 radical (unpaired) electrons. The predicted octanol–water partition coefficient (Wildman–Crippen LogP) is 5.44. The molecule has 0 aliphatic heterocycles. The van der Waals surface area contributed by atoms with E-state index in [2.05, 4.69) is 33.1 Å². The maximum absolute atomic E-state index is 13.0. The summed E-state index contributed by atoms with van der Waals surface area (Å²) in [6.45, 7) is 0.274. The number of nitrogens with zero attached hydrogens (tertiary/aromatic N) is 1. The van der Waals surface area contributed by atoms with Gasteiger partial charge in [-0.3, -0.25) is 4.79 Å². The smallest absolute Gasteiger partial charge is 0.271 e. The van der Waals surface area contributed by atoms with Crippen molar-refractivity contribution in [3.05, 3.63) is 91.8 Å². The number of hydrogen-bond acceptors (Lipinski definition) is 4. The minimum Gasteiger partial charge on any atom is -0.493 e. The van der Waals surface area contributed by atoms with Crippen LogP contribution >= 0.6 is 34.2 Å². The molecule has 3 aromatic carbocycles. The molecule has 3 aromatic rings. The number of rotatable bonds is 7. The number of nitrogens with one attached hydrogen (secondary N) is 1. The van der Waals surface area contributed by atoms with E-state index in [9.17, 15) is 9.18 Å². The monoisotopic (exact) mass is 538 g/mol. The first-order chi connectivity index (χ1) is 14.5. The van der Waals surface area contributed by atoms with Crippen molar-refractivity contribution in [2.24, 2.45) is 5.10 Å². The van der Waals surface area contributed by atoms with Gasteiger partial charge in [-0.15, -0.1) is 0 Å². The number of benzene rings is 3. The van der Waals surface area contributed by atoms with Crippen LogP contribution in [0.4, 0.5) is 4.39 Å². The Morgan fingerprint density at radius 1 is 1.20 bits per heavy atom. The zero-order chi connectivity index (χ0) is 21.5. The molecule has 0 aliphatic carbocycles. The van der Waals surface area contributed by atoms with Gasteiger partial charge in [0.1, 0.15) is 12.4 Å². The summed E-state index contributed by atoms with van der Waals surface area (Å²) in [7, 11) is 1.54. The van der Waals surface area contributed by atoms with E-state index in [1.807, 2.05) is 6.07 Å². The zero-order valence-electron chi connectivity index (χ0n) is 15.9. The van der Waals surface area contributed by atoms with Gasteiger partial charge in [-0.2, -0.15) is 5.10 Å². The first-order valence-electron chi connectivity index (χ1n) is 8.80. The molecule has 0 saturated heterocycles. The highest BCUT2D eigenvalue weighted by atomic mass is 127. The molecule has 0 spiro atoms. The molecule has 30 heavy (non-hydrogen) atoms. The lowest BCUT2D eigenvalue weighted by Crippen LogP contribution is -2.17. The van der Waals surface area contributed by atoms with Crippen LogP contribution in [0.15, 0.2) is 65.8 Å². The lowest BCUT2D eigenvalue weighted by molar-refractivity contribution is 0.0955. The Labute approximate surface area is 192 Å². The maximum atomic E-state index is 13.0. The lowest BCUT2D eigenvalue weighted by atomic mass is 10.2. The number of carbonyl (C=O) groups is 1. The van der Waals surface area contributed by atoms with Crippen LogP contribution in [-0.2, 0) is 6.61 Å². The zero-order valence-corrected chi connectivity index (χ0v) is 18.8. The number of ether oxygens (including phenoxy) is 2. The summed E-state index contributed by atoms with van der Waals surface area (Å²) >= 11 is 8.03. The molecule has 0 saturated carbocycles. The number of hydrazone groups is 1. The van der Waals surface area contributed by atoms with Crippen molar-refractivity contribution in [2.45, 2.75) is 6.61 Å². The van der Waals surface area contributed by atoms with Gasteiger partial charge in [0.25, 0.3) is 5.91 Å². The van der Waals surface area contributed by atoms with Gasteiger partial charge in [0.15, 0.2) is 11.5 Å². The molecule has 0 atom stereocenters. The van der Waals surface area contributed by atoms with E-state index in [0.717, 1.165) is 14.7 Å². The van der Waals surface area contributed by atoms with E-state index in [0.29, 0.717) is 22.1 Å². The van der Waals surface area contributed by atoms with Crippen molar-refractivity contribution >= 4 is 46.3 Å². The van der Waals surface area contributed by atoms with Crippen LogP contribution in [0.5, 0.6) is 11.5 Å². The average Bonchev–Trinajstić information content (AvgIpc) is 2.73. The van der Waals surface area contributed by atoms with E-state index in [-0.39, 0.29) is 18.3 Å². The van der Waals surface area contributed by atoms with Crippen molar-refractivity contribution in [3.63, 3.8) is 0 Å². The highest BCUT2D eigenvalue weighted by Crippen LogP contribution is 2.34. The fourth-order valence-electron chi connectivity index (χ4n) is 2.55. The third kappa shape index (κ3) is 5.93. The first-order valence-corrected chi connectivity index (χ1v) is 10.3. The molecule has 0 fully saturated rings. The minimum atomic E-state index is -0.366. The van der Waals surface area contributed by atoms with Gasteiger partial charge in [0.2, 0.25) is 0 Å². The van der Waals surface area contributed by atoms with Crippen molar-refractivity contribution < 1.29 is 18.7 Å². The largest absolute Gasteiger partial charge is 0.493 e. The molecule has 1 N–H and O–H groups in total. The summed E-state index contributed by atoms with van der Waals surface area (Å²) < 4.78 is 25.1. The molecule has 0 bridgehead atoms. The fourth-order valence-corrected chi connectivity index (χ4v) is 3.52. The number of halogens is 3. The van der Waals surface area contributed by atoms with E-state index in [1.165, 1.54) is 25.5 Å². The summed E-state index contributed by atoms with van der Waals surface area (Å²) in [6.07, 6.45) is 1.51. The van der Waals surface area contributed by atoms with Crippen LogP contribution in [0.1, 0.15) is 21.5 Å². The molecular formula is C22H17ClFIN2O3. The molecule has 0 heterocycles. The number of carbonyl (C=O) groups excluding carboxylic acids is 1. The first kappa shape index (κ1) is 22.0. The second-order valence-electron chi connectivity index (χ2n) is 6.16. The Balaban J connectivity index is 1.69. The normalized spacial score (nSPS) is 10.8. The highest BCUT2D eigenvalue weighted by Gasteiger charge is 2.12. The van der Waals surface area contributed by atoms with Gasteiger partial charge in [-0.1, -0.05) is 29.8 Å². The molecule has 5 nitrogen and oxygen atoms in total. The predicted molar refractivity (Wildman–Crippen MR) is 123 cm³/mol. The lowest BCUT2D eigenvalue weighted by Gasteiger charge is -2.13. The Morgan fingerprint density at radius 3 is 2.67 bits per heavy atom. The van der Waals surface area contributed by atoms with Gasteiger partial charge in [-0.25, -0.2) is 9.82 Å². The van der Waals surface area contributed by atoms with E-state index < -0.39 is 0 Å². The van der Waals surface area contributed by atoms with E-state index in [1.54, 1.807) is 42.5 Å². The van der Waals surface area contributed by atoms with Gasteiger partial charge >= 0.3 is 0 Å². The van der Waals surface area contributed by atoms with Crippen LogP contribution in [0.25, 0.3) is 0 Å². The van der Waals surface area contributed by atoms with Crippen LogP contribution in [0.2, 0.25) is 5.02 Å². The summed E-state index contributed by atoms with van der Waals surface area (Å²) in [5.74, 6) is 0.431. The van der Waals surface area contributed by atoms with Crippen molar-refractivity contribution in [3.8, 4) is 11.5 Å². The number of hydrogen-bond donors (Lipinski definition) is 1. The Bertz CT molecular complexity index is 1070. The summed E-state index contributed by atoms with van der Waals surface area (Å²) in [4.78, 5) is 12.1. The maximum Gasteiger partial charge on any atom is 0.271 e. The van der Waals surface area contributed by atoms with Gasteiger partial charge in [-0.05, 0) is 76.2 Å². The standard InChI is InChI=1S/C22H17ClFIN2O3/c1-29-20-10-15(12-26-27-22(28)16-3-2-4-17(23)11-16)9-19(25)21(20)30-13-14-5-7-18(24)8-6-14/h2-12H,13H2,1H3,(H,27,28)/b26-12-. The summed E-state index contributed by atoms with van der Waals surface area (Å²) in [5.41, 5.74) is 4.43. The molecule has 0 unspecified atom stereocenters. The van der Waals surface area contributed by atoms with Gasteiger partial charge in [0.05, 0.1) is 16.9 Å². The number of methoxy groups -OCH3 is 1. The minimum absolute atomic E-state index is 0.274. The van der Waals surface area contributed by atoms with Crippen molar-refractivity contribution in [1.29, 1.82) is 0 Å². The fraction of sp³-hybridized carbons (Fsp3) is 0.0909. The molecule has 3 rings (SSSR count). The second-order valence-corrected chi connectivity index (χ2v) is 7.76. The van der Waals surface area contributed by atoms with Crippen molar-refractivity contribution in [1.82, 2.24) is 5.43 Å². The summed E-state index contributed by atoms with van der Waals surface area (Å²) in [5, 5.41) is 4.47. The Morgan fingerprint density at radius 2 is 1.97 bits per heavy atom.